The van der Waals surface area contributed by atoms with Gasteiger partial charge in [0.05, 0.1) is 0 Å². The van der Waals surface area contributed by atoms with E-state index >= 15 is 0 Å². The van der Waals surface area contributed by atoms with Gasteiger partial charge in [-0.25, -0.2) is 8.78 Å². The molecule has 0 unspecified atom stereocenters. The standard InChI is InChI=1S/C14H18F2N2O2/c1-14(2,3)11(13(20)17-4)18-12(19)10-8(15)6-5-7-9(10)16/h5-7,11H,1-4H3,(H,17,20)(H,18,19)/t11-/m0/s1. The molecule has 0 heterocycles. The van der Waals surface area contributed by atoms with Crippen molar-refractivity contribution in [2.75, 3.05) is 7.05 Å². The summed E-state index contributed by atoms with van der Waals surface area (Å²) in [5, 5.41) is 4.79. The Morgan fingerprint density at radius 2 is 1.65 bits per heavy atom. The molecule has 1 aromatic carbocycles. The van der Waals surface area contributed by atoms with Crippen molar-refractivity contribution >= 4 is 11.8 Å². The van der Waals surface area contributed by atoms with Gasteiger partial charge in [0, 0.05) is 7.05 Å². The summed E-state index contributed by atoms with van der Waals surface area (Å²) < 4.78 is 27.1. The molecule has 0 aromatic heterocycles. The number of benzene rings is 1. The van der Waals surface area contributed by atoms with E-state index in [0.29, 0.717) is 0 Å². The molecule has 0 radical (unpaired) electrons. The molecule has 1 atom stereocenters. The number of carbonyl (C=O) groups is 2. The van der Waals surface area contributed by atoms with Crippen LogP contribution in [0.4, 0.5) is 8.78 Å². The second-order valence-corrected chi connectivity index (χ2v) is 5.48. The van der Waals surface area contributed by atoms with Crippen LogP contribution in [-0.4, -0.2) is 24.9 Å². The Morgan fingerprint density at radius 1 is 1.15 bits per heavy atom. The minimum absolute atomic E-state index is 0.428. The SMILES string of the molecule is CNC(=O)[C@H](NC(=O)c1c(F)cccc1F)C(C)(C)C. The zero-order chi connectivity index (χ0) is 15.5. The lowest BCUT2D eigenvalue weighted by Crippen LogP contribution is -2.53. The van der Waals surface area contributed by atoms with Crippen molar-refractivity contribution in [1.29, 1.82) is 0 Å². The van der Waals surface area contributed by atoms with Crippen LogP contribution in [0, 0.1) is 17.0 Å². The van der Waals surface area contributed by atoms with E-state index in [1.807, 2.05) is 0 Å². The zero-order valence-electron chi connectivity index (χ0n) is 11.9. The molecule has 20 heavy (non-hydrogen) atoms. The molecular weight excluding hydrogens is 266 g/mol. The number of halogens is 2. The molecular formula is C14H18F2N2O2. The van der Waals surface area contributed by atoms with E-state index in [1.54, 1.807) is 20.8 Å². The molecule has 0 aliphatic carbocycles. The first-order valence-electron chi connectivity index (χ1n) is 6.15. The highest BCUT2D eigenvalue weighted by molar-refractivity contribution is 5.98. The average Bonchev–Trinajstić information content (AvgIpc) is 2.33. The fraction of sp³-hybridized carbons (Fsp3) is 0.429. The van der Waals surface area contributed by atoms with Gasteiger partial charge >= 0.3 is 0 Å². The number of rotatable bonds is 3. The fourth-order valence-electron chi connectivity index (χ4n) is 1.74. The van der Waals surface area contributed by atoms with Gasteiger partial charge in [-0.15, -0.1) is 0 Å². The van der Waals surface area contributed by atoms with Gasteiger partial charge in [-0.2, -0.15) is 0 Å². The van der Waals surface area contributed by atoms with Crippen LogP contribution in [0.5, 0.6) is 0 Å². The summed E-state index contributed by atoms with van der Waals surface area (Å²) >= 11 is 0. The van der Waals surface area contributed by atoms with Crippen molar-refractivity contribution in [3.05, 3.63) is 35.4 Å². The van der Waals surface area contributed by atoms with Crippen molar-refractivity contribution in [3.8, 4) is 0 Å². The van der Waals surface area contributed by atoms with Gasteiger partial charge in [0.15, 0.2) is 0 Å². The van der Waals surface area contributed by atoms with Gasteiger partial charge in [-0.3, -0.25) is 9.59 Å². The first kappa shape index (κ1) is 16.1. The summed E-state index contributed by atoms with van der Waals surface area (Å²) in [6.07, 6.45) is 0. The molecule has 4 nitrogen and oxygen atoms in total. The van der Waals surface area contributed by atoms with Crippen molar-refractivity contribution in [2.24, 2.45) is 5.41 Å². The van der Waals surface area contributed by atoms with Crippen LogP contribution in [0.2, 0.25) is 0 Å². The lowest BCUT2D eigenvalue weighted by atomic mass is 9.86. The second-order valence-electron chi connectivity index (χ2n) is 5.48. The predicted octanol–water partition coefficient (Wildman–Crippen LogP) is 1.86. The van der Waals surface area contributed by atoms with E-state index < -0.39 is 40.5 Å². The minimum Gasteiger partial charge on any atom is -0.357 e. The number of nitrogens with one attached hydrogen (secondary N) is 2. The molecule has 1 aromatic rings. The molecule has 0 saturated heterocycles. The third kappa shape index (κ3) is 3.53. The third-order valence-electron chi connectivity index (χ3n) is 2.84. The van der Waals surface area contributed by atoms with Gasteiger partial charge < -0.3 is 10.6 Å². The minimum atomic E-state index is -0.966. The number of likely N-dealkylation sites (N-methyl/N-ethyl adjacent to an activating group) is 1. The van der Waals surface area contributed by atoms with Crippen LogP contribution >= 0.6 is 0 Å². The summed E-state index contributed by atoms with van der Waals surface area (Å²) in [6.45, 7) is 5.22. The van der Waals surface area contributed by atoms with E-state index in [4.69, 9.17) is 0 Å². The Labute approximate surface area is 116 Å². The van der Waals surface area contributed by atoms with E-state index in [9.17, 15) is 18.4 Å². The Kier molecular flexibility index (Phi) is 4.81. The Bertz CT molecular complexity index is 504. The first-order valence-corrected chi connectivity index (χ1v) is 6.15. The van der Waals surface area contributed by atoms with E-state index in [0.717, 1.165) is 12.1 Å². The highest BCUT2D eigenvalue weighted by atomic mass is 19.1. The molecule has 6 heteroatoms. The summed E-state index contributed by atoms with van der Waals surface area (Å²) in [5.41, 5.74) is -1.29. The molecule has 2 N–H and O–H groups in total. The Morgan fingerprint density at radius 3 is 2.05 bits per heavy atom. The molecule has 1 rings (SSSR count). The molecule has 0 spiro atoms. The molecule has 0 fully saturated rings. The van der Waals surface area contributed by atoms with E-state index in [1.165, 1.54) is 13.1 Å². The maximum atomic E-state index is 13.5. The van der Waals surface area contributed by atoms with E-state index in [-0.39, 0.29) is 0 Å². The Balaban J connectivity index is 3.06. The molecule has 2 amide bonds. The third-order valence-corrected chi connectivity index (χ3v) is 2.84. The number of hydrogen-bond donors (Lipinski definition) is 2. The van der Waals surface area contributed by atoms with Crippen LogP contribution in [0.15, 0.2) is 18.2 Å². The highest BCUT2D eigenvalue weighted by Crippen LogP contribution is 2.21. The summed E-state index contributed by atoms with van der Waals surface area (Å²) in [4.78, 5) is 23.8. The maximum absolute atomic E-state index is 13.5. The Hall–Kier alpha value is -1.98. The number of amides is 2. The molecule has 0 saturated carbocycles. The van der Waals surface area contributed by atoms with Crippen LogP contribution in [0.1, 0.15) is 31.1 Å². The highest BCUT2D eigenvalue weighted by Gasteiger charge is 2.33. The molecule has 110 valence electrons. The van der Waals surface area contributed by atoms with Gasteiger partial charge in [0.2, 0.25) is 5.91 Å². The average molecular weight is 284 g/mol. The second kappa shape index (κ2) is 5.98. The quantitative estimate of drug-likeness (QED) is 0.890. The largest absolute Gasteiger partial charge is 0.357 e. The summed E-state index contributed by atoms with van der Waals surface area (Å²) in [7, 11) is 1.43. The molecule has 0 bridgehead atoms. The summed E-state index contributed by atoms with van der Waals surface area (Å²) in [6, 6.07) is 2.24. The van der Waals surface area contributed by atoms with Crippen LogP contribution < -0.4 is 10.6 Å². The van der Waals surface area contributed by atoms with Crippen molar-refractivity contribution in [1.82, 2.24) is 10.6 Å². The fourth-order valence-corrected chi connectivity index (χ4v) is 1.74. The topological polar surface area (TPSA) is 58.2 Å². The van der Waals surface area contributed by atoms with E-state index in [2.05, 4.69) is 10.6 Å². The smallest absolute Gasteiger partial charge is 0.257 e. The lowest BCUT2D eigenvalue weighted by Gasteiger charge is -2.29. The number of carbonyl (C=O) groups excluding carboxylic acids is 2. The van der Waals surface area contributed by atoms with Gasteiger partial charge in [-0.1, -0.05) is 26.8 Å². The van der Waals surface area contributed by atoms with Crippen molar-refractivity contribution in [2.45, 2.75) is 26.8 Å². The predicted molar refractivity (Wildman–Crippen MR) is 71.1 cm³/mol. The van der Waals surface area contributed by atoms with Gasteiger partial charge in [-0.05, 0) is 17.5 Å². The van der Waals surface area contributed by atoms with Crippen LogP contribution in [-0.2, 0) is 4.79 Å². The number of hydrogen-bond acceptors (Lipinski definition) is 2. The van der Waals surface area contributed by atoms with Gasteiger partial charge in [0.1, 0.15) is 23.2 Å². The van der Waals surface area contributed by atoms with Crippen LogP contribution in [0.3, 0.4) is 0 Å². The monoisotopic (exact) mass is 284 g/mol. The summed E-state index contributed by atoms with van der Waals surface area (Å²) in [5.74, 6) is -3.31. The van der Waals surface area contributed by atoms with Crippen molar-refractivity contribution in [3.63, 3.8) is 0 Å². The lowest BCUT2D eigenvalue weighted by molar-refractivity contribution is -0.124. The first-order chi connectivity index (χ1) is 9.18. The normalized spacial score (nSPS) is 12.7. The van der Waals surface area contributed by atoms with Crippen molar-refractivity contribution < 1.29 is 18.4 Å². The molecule has 0 aliphatic heterocycles. The van der Waals surface area contributed by atoms with Gasteiger partial charge in [0.25, 0.3) is 5.91 Å². The zero-order valence-corrected chi connectivity index (χ0v) is 11.9. The van der Waals surface area contributed by atoms with Crippen LogP contribution in [0.25, 0.3) is 0 Å². The molecule has 0 aliphatic rings. The maximum Gasteiger partial charge on any atom is 0.257 e.